The lowest BCUT2D eigenvalue weighted by Crippen LogP contribution is -2.31. The van der Waals surface area contributed by atoms with E-state index in [9.17, 15) is 4.79 Å². The second-order valence-electron chi connectivity index (χ2n) is 3.66. The fourth-order valence-electron chi connectivity index (χ4n) is 1.42. The summed E-state index contributed by atoms with van der Waals surface area (Å²) in [4.78, 5) is 13.5. The van der Waals surface area contributed by atoms with Gasteiger partial charge in [-0.3, -0.25) is 4.79 Å². The van der Waals surface area contributed by atoms with Crippen molar-refractivity contribution in [2.45, 2.75) is 26.3 Å². The SMILES string of the molecule is CC(C)N(CCCO)c1ccc(C=O)s1. The summed E-state index contributed by atoms with van der Waals surface area (Å²) in [6, 6.07) is 4.18. The number of hydrogen-bond donors (Lipinski definition) is 1. The van der Waals surface area contributed by atoms with E-state index >= 15 is 0 Å². The van der Waals surface area contributed by atoms with Crippen LogP contribution in [0.1, 0.15) is 29.9 Å². The van der Waals surface area contributed by atoms with Crippen molar-refractivity contribution >= 4 is 22.6 Å². The third-order valence-corrected chi connectivity index (χ3v) is 3.24. The first kappa shape index (κ1) is 12.2. The Morgan fingerprint density at radius 2 is 2.27 bits per heavy atom. The van der Waals surface area contributed by atoms with E-state index in [2.05, 4.69) is 18.7 Å². The van der Waals surface area contributed by atoms with E-state index in [4.69, 9.17) is 5.11 Å². The lowest BCUT2D eigenvalue weighted by molar-refractivity contribution is 0.112. The smallest absolute Gasteiger partial charge is 0.160 e. The van der Waals surface area contributed by atoms with Gasteiger partial charge in [-0.2, -0.15) is 0 Å². The van der Waals surface area contributed by atoms with E-state index in [1.807, 2.05) is 12.1 Å². The Kier molecular flexibility index (Phi) is 4.78. The van der Waals surface area contributed by atoms with E-state index in [1.165, 1.54) is 11.3 Å². The molecule has 4 heteroatoms. The zero-order valence-electron chi connectivity index (χ0n) is 9.14. The monoisotopic (exact) mass is 227 g/mol. The third kappa shape index (κ3) is 3.32. The standard InChI is InChI=1S/C11H17NO2S/c1-9(2)12(6-3-7-13)11-5-4-10(8-14)15-11/h4-5,8-9,13H,3,6-7H2,1-2H3. The van der Waals surface area contributed by atoms with Crippen molar-refractivity contribution in [2.75, 3.05) is 18.1 Å². The molecule has 0 atom stereocenters. The van der Waals surface area contributed by atoms with Crippen LogP contribution in [0.15, 0.2) is 12.1 Å². The summed E-state index contributed by atoms with van der Waals surface area (Å²) in [7, 11) is 0. The molecule has 0 aliphatic heterocycles. The molecule has 1 aromatic rings. The number of anilines is 1. The molecular weight excluding hydrogens is 210 g/mol. The average Bonchev–Trinajstić information content (AvgIpc) is 2.66. The molecule has 0 spiro atoms. The van der Waals surface area contributed by atoms with Gasteiger partial charge in [-0.25, -0.2) is 0 Å². The van der Waals surface area contributed by atoms with Crippen LogP contribution in [0.2, 0.25) is 0 Å². The van der Waals surface area contributed by atoms with Crippen LogP contribution in [0.25, 0.3) is 0 Å². The van der Waals surface area contributed by atoms with Crippen LogP contribution in [-0.4, -0.2) is 30.6 Å². The molecule has 1 rings (SSSR count). The molecule has 15 heavy (non-hydrogen) atoms. The first-order valence-electron chi connectivity index (χ1n) is 5.11. The Balaban J connectivity index is 2.74. The van der Waals surface area contributed by atoms with E-state index < -0.39 is 0 Å². The van der Waals surface area contributed by atoms with Crippen molar-refractivity contribution in [1.29, 1.82) is 0 Å². The number of nitrogens with zero attached hydrogens (tertiary/aromatic N) is 1. The fourth-order valence-corrected chi connectivity index (χ4v) is 2.40. The number of aldehydes is 1. The van der Waals surface area contributed by atoms with Gasteiger partial charge in [0.15, 0.2) is 6.29 Å². The van der Waals surface area contributed by atoms with Crippen molar-refractivity contribution in [3.05, 3.63) is 17.0 Å². The van der Waals surface area contributed by atoms with Crippen LogP contribution in [-0.2, 0) is 0 Å². The molecule has 3 nitrogen and oxygen atoms in total. The molecule has 0 bridgehead atoms. The minimum atomic E-state index is 0.204. The van der Waals surface area contributed by atoms with Crippen LogP contribution in [0.3, 0.4) is 0 Å². The normalized spacial score (nSPS) is 10.7. The van der Waals surface area contributed by atoms with Crippen LogP contribution in [0, 0.1) is 0 Å². The third-order valence-electron chi connectivity index (χ3n) is 2.19. The number of hydrogen-bond acceptors (Lipinski definition) is 4. The lowest BCUT2D eigenvalue weighted by atomic mass is 10.3. The van der Waals surface area contributed by atoms with Crippen LogP contribution in [0.4, 0.5) is 5.00 Å². The second kappa shape index (κ2) is 5.88. The van der Waals surface area contributed by atoms with Gasteiger partial charge in [-0.1, -0.05) is 0 Å². The van der Waals surface area contributed by atoms with Gasteiger partial charge in [0.2, 0.25) is 0 Å². The average molecular weight is 227 g/mol. The molecule has 0 aliphatic rings. The molecule has 0 saturated carbocycles. The maximum atomic E-state index is 10.6. The number of carbonyl (C=O) groups is 1. The molecule has 0 aliphatic carbocycles. The molecule has 0 amide bonds. The number of rotatable bonds is 6. The Morgan fingerprint density at radius 1 is 1.53 bits per heavy atom. The van der Waals surface area contributed by atoms with Crippen molar-refractivity contribution in [2.24, 2.45) is 0 Å². The highest BCUT2D eigenvalue weighted by molar-refractivity contribution is 7.17. The molecule has 1 N–H and O–H groups in total. The van der Waals surface area contributed by atoms with Crippen LogP contribution in [0.5, 0.6) is 0 Å². The van der Waals surface area contributed by atoms with E-state index in [0.717, 1.165) is 29.1 Å². The highest BCUT2D eigenvalue weighted by Gasteiger charge is 2.12. The largest absolute Gasteiger partial charge is 0.396 e. The maximum Gasteiger partial charge on any atom is 0.160 e. The van der Waals surface area contributed by atoms with Crippen LogP contribution < -0.4 is 4.90 Å². The van der Waals surface area contributed by atoms with Gasteiger partial charge in [-0.15, -0.1) is 11.3 Å². The molecule has 0 radical (unpaired) electrons. The summed E-state index contributed by atoms with van der Waals surface area (Å²) in [6.07, 6.45) is 1.63. The Labute approximate surface area is 94.3 Å². The number of aliphatic hydroxyl groups excluding tert-OH is 1. The maximum absolute atomic E-state index is 10.6. The van der Waals surface area contributed by atoms with Gasteiger partial charge >= 0.3 is 0 Å². The quantitative estimate of drug-likeness (QED) is 0.757. The van der Waals surface area contributed by atoms with Gasteiger partial charge in [0.25, 0.3) is 0 Å². The molecule has 0 saturated heterocycles. The summed E-state index contributed by atoms with van der Waals surface area (Å²) in [5, 5.41) is 9.91. The molecule has 1 aromatic heterocycles. The number of aliphatic hydroxyl groups is 1. The van der Waals surface area contributed by atoms with E-state index in [1.54, 1.807) is 0 Å². The Morgan fingerprint density at radius 3 is 2.73 bits per heavy atom. The second-order valence-corrected chi connectivity index (χ2v) is 4.75. The molecular formula is C11H17NO2S. The zero-order valence-corrected chi connectivity index (χ0v) is 9.96. The number of thiophene rings is 1. The lowest BCUT2D eigenvalue weighted by Gasteiger charge is -2.27. The summed E-state index contributed by atoms with van der Waals surface area (Å²) in [5.41, 5.74) is 0. The molecule has 1 heterocycles. The zero-order chi connectivity index (χ0) is 11.3. The minimum Gasteiger partial charge on any atom is -0.396 e. The topological polar surface area (TPSA) is 40.5 Å². The number of carbonyl (C=O) groups excluding carboxylic acids is 1. The summed E-state index contributed by atoms with van der Waals surface area (Å²) >= 11 is 1.50. The first-order valence-corrected chi connectivity index (χ1v) is 5.93. The molecule has 84 valence electrons. The van der Waals surface area contributed by atoms with Gasteiger partial charge in [-0.05, 0) is 32.4 Å². The minimum absolute atomic E-state index is 0.204. The van der Waals surface area contributed by atoms with Gasteiger partial charge in [0.05, 0.1) is 9.88 Å². The molecule has 0 fully saturated rings. The predicted molar refractivity (Wildman–Crippen MR) is 63.9 cm³/mol. The highest BCUT2D eigenvalue weighted by Crippen LogP contribution is 2.26. The Hall–Kier alpha value is -0.870. The fraction of sp³-hybridized carbons (Fsp3) is 0.545. The first-order chi connectivity index (χ1) is 7.19. The van der Waals surface area contributed by atoms with Crippen molar-refractivity contribution in [3.8, 4) is 0 Å². The van der Waals surface area contributed by atoms with Gasteiger partial charge in [0.1, 0.15) is 0 Å². The summed E-state index contributed by atoms with van der Waals surface area (Å²) in [6.45, 7) is 5.25. The van der Waals surface area contributed by atoms with Crippen molar-refractivity contribution in [1.82, 2.24) is 0 Å². The van der Waals surface area contributed by atoms with Crippen molar-refractivity contribution in [3.63, 3.8) is 0 Å². The van der Waals surface area contributed by atoms with Crippen molar-refractivity contribution < 1.29 is 9.90 Å². The summed E-state index contributed by atoms with van der Waals surface area (Å²) < 4.78 is 0. The predicted octanol–water partition coefficient (Wildman–Crippen LogP) is 2.16. The van der Waals surface area contributed by atoms with Gasteiger partial charge in [0, 0.05) is 19.2 Å². The molecule has 0 aromatic carbocycles. The van der Waals surface area contributed by atoms with E-state index in [0.29, 0.717) is 6.04 Å². The molecule has 0 unspecified atom stereocenters. The highest BCUT2D eigenvalue weighted by atomic mass is 32.1. The van der Waals surface area contributed by atoms with E-state index in [-0.39, 0.29) is 6.61 Å². The Bertz CT molecular complexity index is 309. The summed E-state index contributed by atoms with van der Waals surface area (Å²) in [5.74, 6) is 0. The van der Waals surface area contributed by atoms with Crippen LogP contribution >= 0.6 is 11.3 Å². The van der Waals surface area contributed by atoms with Gasteiger partial charge < -0.3 is 10.0 Å².